The standard InChI is InChI=1S/C19H26FN3O2/c20-17-5-3-14(4-6-17)12-22-9-1-2-16(13-22)19(25)23-10-7-15(8-11-23)18(21)24/h3-6,15-16H,1-2,7-13H2,(H2,21,24). The second-order valence-corrected chi connectivity index (χ2v) is 7.20. The molecule has 1 atom stereocenters. The van der Waals surface area contributed by atoms with Gasteiger partial charge >= 0.3 is 0 Å². The van der Waals surface area contributed by atoms with Gasteiger partial charge in [0, 0.05) is 32.1 Å². The average Bonchev–Trinajstić information content (AvgIpc) is 2.63. The van der Waals surface area contributed by atoms with Crippen LogP contribution < -0.4 is 5.73 Å². The van der Waals surface area contributed by atoms with Crippen molar-refractivity contribution in [3.63, 3.8) is 0 Å². The zero-order chi connectivity index (χ0) is 17.8. The number of nitrogens with two attached hydrogens (primary N) is 1. The molecule has 2 N–H and O–H groups in total. The highest BCUT2D eigenvalue weighted by molar-refractivity contribution is 5.80. The molecule has 2 saturated heterocycles. The predicted octanol–water partition coefficient (Wildman–Crippen LogP) is 1.76. The van der Waals surface area contributed by atoms with Gasteiger partial charge in [0.2, 0.25) is 11.8 Å². The summed E-state index contributed by atoms with van der Waals surface area (Å²) in [6, 6.07) is 6.56. The van der Waals surface area contributed by atoms with Gasteiger partial charge in [0.1, 0.15) is 5.82 Å². The maximum atomic E-state index is 13.0. The van der Waals surface area contributed by atoms with Crippen LogP contribution in [0.4, 0.5) is 4.39 Å². The van der Waals surface area contributed by atoms with Gasteiger partial charge in [-0.3, -0.25) is 14.5 Å². The van der Waals surface area contributed by atoms with Gasteiger partial charge in [-0.1, -0.05) is 12.1 Å². The van der Waals surface area contributed by atoms with E-state index in [-0.39, 0.29) is 29.5 Å². The van der Waals surface area contributed by atoms with Crippen molar-refractivity contribution in [3.05, 3.63) is 35.6 Å². The molecule has 2 heterocycles. The molecule has 136 valence electrons. The molecule has 25 heavy (non-hydrogen) atoms. The lowest BCUT2D eigenvalue weighted by atomic mass is 9.92. The second-order valence-electron chi connectivity index (χ2n) is 7.20. The van der Waals surface area contributed by atoms with Crippen molar-refractivity contribution < 1.29 is 14.0 Å². The lowest BCUT2D eigenvalue weighted by Crippen LogP contribution is -2.48. The molecule has 5 nitrogen and oxygen atoms in total. The number of carbonyl (C=O) groups excluding carboxylic acids is 2. The van der Waals surface area contributed by atoms with Crippen molar-refractivity contribution in [2.24, 2.45) is 17.6 Å². The van der Waals surface area contributed by atoms with Crippen molar-refractivity contribution in [2.45, 2.75) is 32.2 Å². The van der Waals surface area contributed by atoms with Crippen LogP contribution in [-0.4, -0.2) is 47.8 Å². The maximum absolute atomic E-state index is 13.0. The Kier molecular flexibility index (Phi) is 5.68. The van der Waals surface area contributed by atoms with Crippen LogP contribution in [0.1, 0.15) is 31.2 Å². The largest absolute Gasteiger partial charge is 0.369 e. The molecule has 2 aliphatic heterocycles. The monoisotopic (exact) mass is 347 g/mol. The fourth-order valence-electron chi connectivity index (χ4n) is 3.89. The molecule has 0 aliphatic carbocycles. The minimum atomic E-state index is -0.254. The lowest BCUT2D eigenvalue weighted by Gasteiger charge is -2.37. The Labute approximate surface area is 148 Å². The third-order valence-corrected chi connectivity index (χ3v) is 5.38. The summed E-state index contributed by atoms with van der Waals surface area (Å²) in [6.45, 7) is 3.70. The Morgan fingerprint density at radius 1 is 1.04 bits per heavy atom. The molecule has 0 aromatic heterocycles. The first-order valence-corrected chi connectivity index (χ1v) is 9.08. The van der Waals surface area contributed by atoms with Crippen molar-refractivity contribution in [3.8, 4) is 0 Å². The van der Waals surface area contributed by atoms with E-state index in [1.54, 1.807) is 12.1 Å². The highest BCUT2D eigenvalue weighted by Crippen LogP contribution is 2.24. The molecule has 2 aliphatic rings. The van der Waals surface area contributed by atoms with Gasteiger partial charge in [0.15, 0.2) is 0 Å². The zero-order valence-corrected chi connectivity index (χ0v) is 14.5. The number of benzene rings is 1. The first-order chi connectivity index (χ1) is 12.0. The first kappa shape index (κ1) is 17.9. The lowest BCUT2D eigenvalue weighted by molar-refractivity contribution is -0.140. The van der Waals surface area contributed by atoms with Crippen LogP contribution in [0, 0.1) is 17.7 Å². The fraction of sp³-hybridized carbons (Fsp3) is 0.579. The van der Waals surface area contributed by atoms with E-state index in [2.05, 4.69) is 4.90 Å². The van der Waals surface area contributed by atoms with Crippen molar-refractivity contribution in [2.75, 3.05) is 26.2 Å². The molecule has 0 bridgehead atoms. The number of carbonyl (C=O) groups is 2. The summed E-state index contributed by atoms with van der Waals surface area (Å²) in [5.41, 5.74) is 6.43. The number of primary amides is 1. The number of amides is 2. The number of piperidine rings is 2. The highest BCUT2D eigenvalue weighted by Gasteiger charge is 2.32. The van der Waals surface area contributed by atoms with Gasteiger partial charge in [0.25, 0.3) is 0 Å². The molecule has 6 heteroatoms. The van der Waals surface area contributed by atoms with Crippen LogP contribution in [-0.2, 0) is 16.1 Å². The van der Waals surface area contributed by atoms with Crippen LogP contribution in [0.3, 0.4) is 0 Å². The molecule has 3 rings (SSSR count). The summed E-state index contributed by atoms with van der Waals surface area (Å²) >= 11 is 0. The third-order valence-electron chi connectivity index (χ3n) is 5.38. The van der Waals surface area contributed by atoms with E-state index in [9.17, 15) is 14.0 Å². The summed E-state index contributed by atoms with van der Waals surface area (Å²) in [5, 5.41) is 0. The number of hydrogen-bond acceptors (Lipinski definition) is 3. The number of nitrogens with zero attached hydrogens (tertiary/aromatic N) is 2. The Hall–Kier alpha value is -1.95. The molecule has 1 aromatic carbocycles. The molecule has 0 saturated carbocycles. The maximum Gasteiger partial charge on any atom is 0.226 e. The predicted molar refractivity (Wildman–Crippen MR) is 92.9 cm³/mol. The van der Waals surface area contributed by atoms with Crippen molar-refractivity contribution in [1.29, 1.82) is 0 Å². The van der Waals surface area contributed by atoms with E-state index in [0.29, 0.717) is 25.9 Å². The number of likely N-dealkylation sites (tertiary alicyclic amines) is 2. The van der Waals surface area contributed by atoms with Crippen LogP contribution in [0.5, 0.6) is 0 Å². The van der Waals surface area contributed by atoms with Gasteiger partial charge < -0.3 is 10.6 Å². The Morgan fingerprint density at radius 3 is 2.36 bits per heavy atom. The molecule has 2 amide bonds. The minimum Gasteiger partial charge on any atom is -0.369 e. The molecule has 0 radical (unpaired) electrons. The van der Waals surface area contributed by atoms with Crippen LogP contribution in [0.15, 0.2) is 24.3 Å². The zero-order valence-electron chi connectivity index (χ0n) is 14.5. The number of halogens is 1. The van der Waals surface area contributed by atoms with Crippen molar-refractivity contribution in [1.82, 2.24) is 9.80 Å². The quantitative estimate of drug-likeness (QED) is 0.902. The highest BCUT2D eigenvalue weighted by atomic mass is 19.1. The molecule has 1 aromatic rings. The van der Waals surface area contributed by atoms with Gasteiger partial charge in [-0.05, 0) is 49.9 Å². The normalized spacial score (nSPS) is 22.8. The Bertz CT molecular complexity index is 612. The fourth-order valence-corrected chi connectivity index (χ4v) is 3.89. The SMILES string of the molecule is NC(=O)C1CCN(C(=O)C2CCCN(Cc3ccc(F)cc3)C2)CC1. The third kappa shape index (κ3) is 4.57. The molecule has 1 unspecified atom stereocenters. The summed E-state index contributed by atoms with van der Waals surface area (Å²) in [5.74, 6) is -0.360. The molecule has 2 fully saturated rings. The second kappa shape index (κ2) is 7.95. The van der Waals surface area contributed by atoms with Gasteiger partial charge in [-0.15, -0.1) is 0 Å². The Balaban J connectivity index is 1.53. The first-order valence-electron chi connectivity index (χ1n) is 9.08. The Morgan fingerprint density at radius 2 is 1.72 bits per heavy atom. The topological polar surface area (TPSA) is 66.6 Å². The van der Waals surface area contributed by atoms with Gasteiger partial charge in [-0.2, -0.15) is 0 Å². The average molecular weight is 347 g/mol. The van der Waals surface area contributed by atoms with E-state index in [0.717, 1.165) is 38.0 Å². The summed E-state index contributed by atoms with van der Waals surface area (Å²) in [7, 11) is 0. The van der Waals surface area contributed by atoms with Gasteiger partial charge in [0.05, 0.1) is 5.92 Å². The molecular weight excluding hydrogens is 321 g/mol. The van der Waals surface area contributed by atoms with E-state index < -0.39 is 0 Å². The summed E-state index contributed by atoms with van der Waals surface area (Å²) < 4.78 is 13.0. The van der Waals surface area contributed by atoms with E-state index in [1.807, 2.05) is 4.90 Å². The van der Waals surface area contributed by atoms with Crippen LogP contribution >= 0.6 is 0 Å². The van der Waals surface area contributed by atoms with Crippen molar-refractivity contribution >= 4 is 11.8 Å². The minimum absolute atomic E-state index is 0.0133. The summed E-state index contributed by atoms with van der Waals surface area (Å²) in [4.78, 5) is 28.2. The number of rotatable bonds is 4. The van der Waals surface area contributed by atoms with Crippen LogP contribution in [0.2, 0.25) is 0 Å². The molecular formula is C19H26FN3O2. The number of hydrogen-bond donors (Lipinski definition) is 1. The van der Waals surface area contributed by atoms with E-state index >= 15 is 0 Å². The smallest absolute Gasteiger partial charge is 0.226 e. The van der Waals surface area contributed by atoms with Crippen LogP contribution in [0.25, 0.3) is 0 Å². The summed E-state index contributed by atoms with van der Waals surface area (Å²) in [6.07, 6.45) is 3.25. The molecule has 0 spiro atoms. The van der Waals surface area contributed by atoms with E-state index in [1.165, 1.54) is 12.1 Å². The van der Waals surface area contributed by atoms with E-state index in [4.69, 9.17) is 5.73 Å². The van der Waals surface area contributed by atoms with Gasteiger partial charge in [-0.25, -0.2) is 4.39 Å².